The molecule has 0 saturated heterocycles. The molecule has 0 atom stereocenters. The second-order valence-corrected chi connectivity index (χ2v) is 7.26. The van der Waals surface area contributed by atoms with Crippen LogP contribution >= 0.6 is 0 Å². The molecule has 29 heavy (non-hydrogen) atoms. The predicted molar refractivity (Wildman–Crippen MR) is 108 cm³/mol. The number of hydrogen-bond donors (Lipinski definition) is 0. The summed E-state index contributed by atoms with van der Waals surface area (Å²) in [6, 6.07) is 11.2. The van der Waals surface area contributed by atoms with E-state index < -0.39 is 0 Å². The molecule has 154 valence electrons. The van der Waals surface area contributed by atoms with Crippen molar-refractivity contribution in [3.05, 3.63) is 59.4 Å². The molecule has 1 amide bonds. The first-order valence-corrected chi connectivity index (χ1v) is 9.90. The van der Waals surface area contributed by atoms with E-state index in [0.717, 1.165) is 37.5 Å². The largest absolute Gasteiger partial charge is 0.493 e. The number of ether oxygens (including phenoxy) is 2. The van der Waals surface area contributed by atoms with Crippen molar-refractivity contribution in [3.8, 4) is 11.5 Å². The quantitative estimate of drug-likeness (QED) is 0.618. The number of benzene rings is 2. The fourth-order valence-electron chi connectivity index (χ4n) is 3.70. The minimum absolute atomic E-state index is 0.122. The normalized spacial score (nSPS) is 14.3. The maximum absolute atomic E-state index is 13.2. The van der Waals surface area contributed by atoms with Gasteiger partial charge in [-0.1, -0.05) is 31.4 Å². The van der Waals surface area contributed by atoms with Gasteiger partial charge in [0, 0.05) is 18.2 Å². The first-order chi connectivity index (χ1) is 14.1. The van der Waals surface area contributed by atoms with Crippen molar-refractivity contribution in [1.82, 2.24) is 4.90 Å². The van der Waals surface area contributed by atoms with Gasteiger partial charge in [-0.2, -0.15) is 0 Å². The van der Waals surface area contributed by atoms with Crippen LogP contribution in [0.3, 0.4) is 0 Å². The van der Waals surface area contributed by atoms with Crippen molar-refractivity contribution >= 4 is 12.2 Å². The molecule has 0 spiro atoms. The Balaban J connectivity index is 1.72. The highest BCUT2D eigenvalue weighted by atomic mass is 19.1. The lowest BCUT2D eigenvalue weighted by Crippen LogP contribution is -2.43. The smallest absolute Gasteiger partial charge is 0.261 e. The van der Waals surface area contributed by atoms with Crippen molar-refractivity contribution < 1.29 is 23.5 Å². The Kier molecular flexibility index (Phi) is 7.22. The van der Waals surface area contributed by atoms with Crippen LogP contribution in [-0.4, -0.2) is 36.9 Å². The van der Waals surface area contributed by atoms with Crippen LogP contribution < -0.4 is 9.47 Å². The van der Waals surface area contributed by atoms with Crippen molar-refractivity contribution in [2.45, 2.75) is 44.7 Å². The second kappa shape index (κ2) is 10.0. The number of rotatable bonds is 8. The Hall–Kier alpha value is -2.89. The number of carbonyl (C=O) groups is 2. The molecule has 1 saturated carbocycles. The molecule has 2 aromatic rings. The Morgan fingerprint density at radius 3 is 2.48 bits per heavy atom. The highest BCUT2D eigenvalue weighted by Crippen LogP contribution is 2.28. The molecule has 0 aromatic heterocycles. The highest BCUT2D eigenvalue weighted by Gasteiger charge is 2.26. The van der Waals surface area contributed by atoms with Gasteiger partial charge in [0.15, 0.2) is 18.1 Å². The fraction of sp³-hybridized carbons (Fsp3) is 0.391. The van der Waals surface area contributed by atoms with E-state index in [0.29, 0.717) is 23.6 Å². The summed E-state index contributed by atoms with van der Waals surface area (Å²) < 4.78 is 24.2. The lowest BCUT2D eigenvalue weighted by atomic mass is 9.93. The summed E-state index contributed by atoms with van der Waals surface area (Å²) in [6.45, 7) is 0.294. The van der Waals surface area contributed by atoms with E-state index in [1.807, 2.05) is 4.90 Å². The maximum atomic E-state index is 13.2. The number of carbonyl (C=O) groups excluding carboxylic acids is 2. The van der Waals surface area contributed by atoms with Crippen LogP contribution in [0.25, 0.3) is 0 Å². The lowest BCUT2D eigenvalue weighted by molar-refractivity contribution is -0.137. The van der Waals surface area contributed by atoms with Crippen LogP contribution in [0.15, 0.2) is 42.5 Å². The van der Waals surface area contributed by atoms with Gasteiger partial charge in [-0.15, -0.1) is 0 Å². The van der Waals surface area contributed by atoms with Gasteiger partial charge in [-0.05, 0) is 48.7 Å². The van der Waals surface area contributed by atoms with Gasteiger partial charge in [-0.3, -0.25) is 9.59 Å². The Morgan fingerprint density at radius 2 is 1.83 bits per heavy atom. The fourth-order valence-corrected chi connectivity index (χ4v) is 3.70. The summed E-state index contributed by atoms with van der Waals surface area (Å²) in [5, 5.41) is 0. The van der Waals surface area contributed by atoms with E-state index in [1.165, 1.54) is 25.7 Å². The number of halogens is 1. The third-order valence-electron chi connectivity index (χ3n) is 5.28. The third-order valence-corrected chi connectivity index (χ3v) is 5.28. The van der Waals surface area contributed by atoms with Crippen LogP contribution in [0.2, 0.25) is 0 Å². The van der Waals surface area contributed by atoms with E-state index >= 15 is 0 Å². The molecule has 5 nitrogen and oxygen atoms in total. The van der Waals surface area contributed by atoms with Crippen molar-refractivity contribution in [2.75, 3.05) is 13.7 Å². The number of nitrogens with zero attached hydrogens (tertiary/aromatic N) is 1. The van der Waals surface area contributed by atoms with Crippen LogP contribution in [0.4, 0.5) is 4.39 Å². The topological polar surface area (TPSA) is 55.8 Å². The summed E-state index contributed by atoms with van der Waals surface area (Å²) in [5.41, 5.74) is 1.36. The van der Waals surface area contributed by atoms with E-state index in [2.05, 4.69) is 0 Å². The van der Waals surface area contributed by atoms with Gasteiger partial charge in [0.2, 0.25) is 0 Å². The second-order valence-electron chi connectivity index (χ2n) is 7.26. The summed E-state index contributed by atoms with van der Waals surface area (Å²) in [7, 11) is 1.49. The number of hydrogen-bond acceptors (Lipinski definition) is 4. The molecule has 0 bridgehead atoms. The first-order valence-electron chi connectivity index (χ1n) is 9.90. The predicted octanol–water partition coefficient (Wildman–Crippen LogP) is 4.39. The molecular weight excluding hydrogens is 373 g/mol. The molecule has 0 radical (unpaired) electrons. The molecule has 1 aliphatic carbocycles. The molecule has 0 aliphatic heterocycles. The van der Waals surface area contributed by atoms with E-state index in [9.17, 15) is 14.0 Å². The third kappa shape index (κ3) is 5.56. The summed E-state index contributed by atoms with van der Waals surface area (Å²) in [4.78, 5) is 25.8. The average Bonchev–Trinajstić information content (AvgIpc) is 2.77. The summed E-state index contributed by atoms with van der Waals surface area (Å²) in [6.07, 6.45) is 6.03. The SMILES string of the molecule is COc1cc(C=O)ccc1OCC(=O)N(Cc1ccc(F)cc1)C1CCCCC1. The molecular formula is C23H26FNO4. The molecule has 6 heteroatoms. The van der Waals surface area contributed by atoms with Crippen LogP contribution in [-0.2, 0) is 11.3 Å². The maximum Gasteiger partial charge on any atom is 0.261 e. The van der Waals surface area contributed by atoms with Gasteiger partial charge < -0.3 is 14.4 Å². The average molecular weight is 399 g/mol. The molecule has 1 aliphatic rings. The van der Waals surface area contributed by atoms with E-state index in [-0.39, 0.29) is 24.4 Å². The zero-order valence-electron chi connectivity index (χ0n) is 16.6. The minimum atomic E-state index is -0.293. The van der Waals surface area contributed by atoms with Gasteiger partial charge in [-0.25, -0.2) is 4.39 Å². The Morgan fingerprint density at radius 1 is 1.10 bits per heavy atom. The Bertz CT molecular complexity index is 831. The molecule has 0 N–H and O–H groups in total. The van der Waals surface area contributed by atoms with Crippen molar-refractivity contribution in [3.63, 3.8) is 0 Å². The standard InChI is InChI=1S/C23H26FNO4/c1-28-22-13-18(15-26)9-12-21(22)29-16-23(27)25(20-5-3-2-4-6-20)14-17-7-10-19(24)11-8-17/h7-13,15,20H,2-6,14,16H2,1H3. The molecule has 3 rings (SSSR count). The highest BCUT2D eigenvalue weighted by molar-refractivity contribution is 5.79. The first kappa shape index (κ1) is 20.8. The van der Waals surface area contributed by atoms with E-state index in [1.54, 1.807) is 30.3 Å². The molecule has 0 unspecified atom stereocenters. The molecule has 0 heterocycles. The zero-order valence-corrected chi connectivity index (χ0v) is 16.6. The minimum Gasteiger partial charge on any atom is -0.493 e. The van der Waals surface area contributed by atoms with Gasteiger partial charge in [0.25, 0.3) is 5.91 Å². The summed E-state index contributed by atoms with van der Waals surface area (Å²) in [5.74, 6) is 0.406. The van der Waals surface area contributed by atoms with Gasteiger partial charge >= 0.3 is 0 Å². The number of methoxy groups -OCH3 is 1. The van der Waals surface area contributed by atoms with E-state index in [4.69, 9.17) is 9.47 Å². The number of amides is 1. The monoisotopic (exact) mass is 399 g/mol. The van der Waals surface area contributed by atoms with Crippen LogP contribution in [0.1, 0.15) is 48.0 Å². The number of aldehydes is 1. The lowest BCUT2D eigenvalue weighted by Gasteiger charge is -2.34. The van der Waals surface area contributed by atoms with Crippen molar-refractivity contribution in [1.29, 1.82) is 0 Å². The zero-order chi connectivity index (χ0) is 20.6. The molecule has 2 aromatic carbocycles. The van der Waals surface area contributed by atoms with Gasteiger partial charge in [0.05, 0.1) is 7.11 Å². The summed E-state index contributed by atoms with van der Waals surface area (Å²) >= 11 is 0. The van der Waals surface area contributed by atoms with Crippen LogP contribution in [0, 0.1) is 5.82 Å². The van der Waals surface area contributed by atoms with Crippen LogP contribution in [0.5, 0.6) is 11.5 Å². The molecule has 1 fully saturated rings. The van der Waals surface area contributed by atoms with Gasteiger partial charge in [0.1, 0.15) is 12.1 Å². The van der Waals surface area contributed by atoms with Crippen molar-refractivity contribution in [2.24, 2.45) is 0 Å². The Labute approximate surface area is 170 Å².